The van der Waals surface area contributed by atoms with Crippen molar-refractivity contribution in [3.05, 3.63) is 52.7 Å². The van der Waals surface area contributed by atoms with Crippen LogP contribution in [-0.2, 0) is 4.74 Å². The summed E-state index contributed by atoms with van der Waals surface area (Å²) in [6, 6.07) is 13.6. The summed E-state index contributed by atoms with van der Waals surface area (Å²) < 4.78 is 13.3. The van der Waals surface area contributed by atoms with E-state index < -0.39 is 0 Å². The maximum atomic E-state index is 12.7. The molecule has 0 unspecified atom stereocenters. The number of benzene rings is 2. The molecule has 25 heavy (non-hydrogen) atoms. The number of rotatable bonds is 5. The smallest absolute Gasteiger partial charge is 0.196 e. The zero-order valence-electron chi connectivity index (χ0n) is 14.1. The SMILES string of the molecule is O=c1c2ccccc2sc2ccc(OCCCN3CCOCC3)cc12. The monoisotopic (exact) mass is 355 g/mol. The van der Waals surface area contributed by atoms with Crippen molar-refractivity contribution in [1.82, 2.24) is 4.90 Å². The predicted molar refractivity (Wildman–Crippen MR) is 103 cm³/mol. The molecule has 0 radical (unpaired) electrons. The molecule has 5 heteroatoms. The molecule has 4 rings (SSSR count). The van der Waals surface area contributed by atoms with Crippen LogP contribution in [0, 0.1) is 0 Å². The van der Waals surface area contributed by atoms with Gasteiger partial charge in [0.2, 0.25) is 0 Å². The summed E-state index contributed by atoms with van der Waals surface area (Å²) in [5.74, 6) is 0.772. The van der Waals surface area contributed by atoms with Crippen LogP contribution in [0.15, 0.2) is 47.3 Å². The average molecular weight is 355 g/mol. The maximum Gasteiger partial charge on any atom is 0.196 e. The summed E-state index contributed by atoms with van der Waals surface area (Å²) in [5.41, 5.74) is 0.0862. The van der Waals surface area contributed by atoms with Crippen LogP contribution in [0.4, 0.5) is 0 Å². The molecule has 2 heterocycles. The minimum atomic E-state index is 0.0862. The highest BCUT2D eigenvalue weighted by atomic mass is 32.1. The van der Waals surface area contributed by atoms with Gasteiger partial charge in [0.1, 0.15) is 5.75 Å². The van der Waals surface area contributed by atoms with Gasteiger partial charge in [-0.05, 0) is 36.8 Å². The van der Waals surface area contributed by atoms with Crippen molar-refractivity contribution in [3.63, 3.8) is 0 Å². The van der Waals surface area contributed by atoms with Crippen LogP contribution in [0.2, 0.25) is 0 Å². The Hall–Kier alpha value is -1.95. The lowest BCUT2D eigenvalue weighted by Crippen LogP contribution is -2.37. The van der Waals surface area contributed by atoms with Gasteiger partial charge >= 0.3 is 0 Å². The minimum Gasteiger partial charge on any atom is -0.494 e. The lowest BCUT2D eigenvalue weighted by atomic mass is 10.2. The number of hydrogen-bond acceptors (Lipinski definition) is 5. The highest BCUT2D eigenvalue weighted by Crippen LogP contribution is 2.27. The van der Waals surface area contributed by atoms with Gasteiger partial charge in [-0.15, -0.1) is 11.3 Å². The minimum absolute atomic E-state index is 0.0862. The van der Waals surface area contributed by atoms with Crippen molar-refractivity contribution in [2.75, 3.05) is 39.5 Å². The van der Waals surface area contributed by atoms with Crippen molar-refractivity contribution in [2.24, 2.45) is 0 Å². The van der Waals surface area contributed by atoms with Crippen molar-refractivity contribution in [3.8, 4) is 5.75 Å². The fraction of sp³-hybridized carbons (Fsp3) is 0.350. The molecule has 2 aromatic carbocycles. The van der Waals surface area contributed by atoms with Gasteiger partial charge in [-0.1, -0.05) is 12.1 Å². The first kappa shape index (κ1) is 16.5. The highest BCUT2D eigenvalue weighted by molar-refractivity contribution is 7.24. The molecule has 1 fully saturated rings. The number of hydrogen-bond donors (Lipinski definition) is 0. The first-order valence-electron chi connectivity index (χ1n) is 8.70. The number of fused-ring (bicyclic) bond motifs is 2. The van der Waals surface area contributed by atoms with E-state index in [1.807, 2.05) is 42.5 Å². The molecule has 0 N–H and O–H groups in total. The summed E-state index contributed by atoms with van der Waals surface area (Å²) in [7, 11) is 0. The molecule has 1 aliphatic heterocycles. The van der Waals surface area contributed by atoms with Gasteiger partial charge < -0.3 is 9.47 Å². The molecule has 0 bridgehead atoms. The average Bonchev–Trinajstić information content (AvgIpc) is 2.67. The Kier molecular flexibility index (Phi) is 4.97. The second-order valence-electron chi connectivity index (χ2n) is 6.24. The lowest BCUT2D eigenvalue weighted by molar-refractivity contribution is 0.0358. The molecule has 0 saturated carbocycles. The van der Waals surface area contributed by atoms with Crippen LogP contribution in [0.5, 0.6) is 5.75 Å². The number of nitrogens with zero attached hydrogens (tertiary/aromatic N) is 1. The Bertz CT molecular complexity index is 931. The topological polar surface area (TPSA) is 38.8 Å². The molecule has 0 amide bonds. The second-order valence-corrected chi connectivity index (χ2v) is 7.33. The number of ether oxygens (including phenoxy) is 2. The summed E-state index contributed by atoms with van der Waals surface area (Å²) in [5, 5.41) is 1.53. The molecular weight excluding hydrogens is 334 g/mol. The first-order valence-corrected chi connectivity index (χ1v) is 9.51. The lowest BCUT2D eigenvalue weighted by Gasteiger charge is -2.26. The summed E-state index contributed by atoms with van der Waals surface area (Å²) in [6.45, 7) is 5.35. The molecule has 4 nitrogen and oxygen atoms in total. The van der Waals surface area contributed by atoms with Crippen molar-refractivity contribution in [1.29, 1.82) is 0 Å². The van der Waals surface area contributed by atoms with E-state index in [-0.39, 0.29) is 5.43 Å². The molecule has 0 atom stereocenters. The largest absolute Gasteiger partial charge is 0.494 e. The van der Waals surface area contributed by atoms with Gasteiger partial charge in [-0.2, -0.15) is 0 Å². The van der Waals surface area contributed by atoms with E-state index in [4.69, 9.17) is 9.47 Å². The van der Waals surface area contributed by atoms with E-state index >= 15 is 0 Å². The molecular formula is C20H21NO3S. The van der Waals surface area contributed by atoms with Crippen molar-refractivity contribution >= 4 is 31.5 Å². The fourth-order valence-electron chi connectivity index (χ4n) is 3.18. The van der Waals surface area contributed by atoms with Crippen molar-refractivity contribution in [2.45, 2.75) is 6.42 Å². The van der Waals surface area contributed by atoms with Gasteiger partial charge in [0, 0.05) is 39.8 Å². The number of morpholine rings is 1. The molecule has 0 aliphatic carbocycles. The van der Waals surface area contributed by atoms with Crippen LogP contribution >= 0.6 is 11.3 Å². The Morgan fingerprint density at radius 3 is 2.72 bits per heavy atom. The third kappa shape index (κ3) is 3.68. The van der Waals surface area contributed by atoms with Gasteiger partial charge in [0.25, 0.3) is 0 Å². The molecule has 1 saturated heterocycles. The summed E-state index contributed by atoms with van der Waals surface area (Å²) in [6.07, 6.45) is 0.975. The highest BCUT2D eigenvalue weighted by Gasteiger charge is 2.10. The Balaban J connectivity index is 1.46. The zero-order chi connectivity index (χ0) is 17.1. The van der Waals surface area contributed by atoms with E-state index in [2.05, 4.69) is 4.90 Å². The first-order chi connectivity index (χ1) is 12.3. The Morgan fingerprint density at radius 1 is 1.04 bits per heavy atom. The molecule has 1 aliphatic rings. The summed E-state index contributed by atoms with van der Waals surface area (Å²) in [4.78, 5) is 15.1. The molecule has 130 valence electrons. The van der Waals surface area contributed by atoms with Crippen LogP contribution in [-0.4, -0.2) is 44.4 Å². The zero-order valence-corrected chi connectivity index (χ0v) is 14.9. The third-order valence-electron chi connectivity index (χ3n) is 4.54. The van der Waals surface area contributed by atoms with Crippen molar-refractivity contribution < 1.29 is 9.47 Å². The standard InChI is InChI=1S/C20H21NO3S/c22-20-16-4-1-2-5-18(16)25-19-7-6-15(14-17(19)20)24-11-3-8-21-9-12-23-13-10-21/h1-2,4-7,14H,3,8-13H2. The maximum absolute atomic E-state index is 12.7. The normalized spacial score (nSPS) is 15.7. The van der Waals surface area contributed by atoms with Gasteiger partial charge in [-0.25, -0.2) is 0 Å². The van der Waals surface area contributed by atoms with Gasteiger partial charge in [-0.3, -0.25) is 9.69 Å². The third-order valence-corrected chi connectivity index (χ3v) is 5.69. The van der Waals surface area contributed by atoms with E-state index in [0.717, 1.165) is 65.2 Å². The van der Waals surface area contributed by atoms with Crippen LogP contribution < -0.4 is 10.2 Å². The van der Waals surface area contributed by atoms with E-state index in [0.29, 0.717) is 6.61 Å². The van der Waals surface area contributed by atoms with Crippen LogP contribution in [0.1, 0.15) is 6.42 Å². The van der Waals surface area contributed by atoms with Gasteiger partial charge in [0.05, 0.1) is 19.8 Å². The van der Waals surface area contributed by atoms with E-state index in [9.17, 15) is 4.79 Å². The van der Waals surface area contributed by atoms with E-state index in [1.54, 1.807) is 11.3 Å². The molecule has 3 aromatic rings. The van der Waals surface area contributed by atoms with Gasteiger partial charge in [0.15, 0.2) is 5.43 Å². The molecule has 0 spiro atoms. The molecule has 1 aromatic heterocycles. The van der Waals surface area contributed by atoms with Crippen LogP contribution in [0.3, 0.4) is 0 Å². The van der Waals surface area contributed by atoms with Crippen LogP contribution in [0.25, 0.3) is 20.2 Å². The van der Waals surface area contributed by atoms with E-state index in [1.165, 1.54) is 0 Å². The Morgan fingerprint density at radius 2 is 1.84 bits per heavy atom. The second kappa shape index (κ2) is 7.52. The fourth-order valence-corrected chi connectivity index (χ4v) is 4.23. The quantitative estimate of drug-likeness (QED) is 0.519. The predicted octanol–water partition coefficient (Wildman–Crippen LogP) is 3.52. The summed E-state index contributed by atoms with van der Waals surface area (Å²) >= 11 is 1.65. The Labute approximate surface area is 150 Å².